The van der Waals surface area contributed by atoms with Crippen molar-refractivity contribution in [1.82, 2.24) is 9.55 Å². The SMILES string of the molecule is C=C/C=C\C=C(/N=C)c1nc2ccccc2n1C. The number of nitrogens with zero attached hydrogens (tertiary/aromatic N) is 3. The van der Waals surface area contributed by atoms with E-state index in [-0.39, 0.29) is 0 Å². The van der Waals surface area contributed by atoms with Crippen LogP contribution in [-0.2, 0) is 7.05 Å². The van der Waals surface area contributed by atoms with Crippen LogP contribution in [0.3, 0.4) is 0 Å². The molecule has 1 heterocycles. The maximum Gasteiger partial charge on any atom is 0.159 e. The van der Waals surface area contributed by atoms with Gasteiger partial charge < -0.3 is 4.57 Å². The normalized spacial score (nSPS) is 12.2. The highest BCUT2D eigenvalue weighted by atomic mass is 15.1. The van der Waals surface area contributed by atoms with Crippen molar-refractivity contribution in [2.45, 2.75) is 0 Å². The standard InChI is InChI=1S/C15H15N3/c1-4-5-6-10-13(16-2)15-17-12-9-7-8-11-14(12)18(15)3/h4-11H,1-2H2,3H3/b6-5-,13-10-. The molecule has 0 amide bonds. The summed E-state index contributed by atoms with van der Waals surface area (Å²) in [6.45, 7) is 7.22. The number of para-hydroxylation sites is 2. The Hall–Kier alpha value is -2.42. The van der Waals surface area contributed by atoms with E-state index in [0.717, 1.165) is 22.6 Å². The molecule has 0 aliphatic carbocycles. The molecule has 2 rings (SSSR count). The molecule has 0 saturated carbocycles. The molecule has 18 heavy (non-hydrogen) atoms. The van der Waals surface area contributed by atoms with Crippen molar-refractivity contribution in [2.24, 2.45) is 12.0 Å². The van der Waals surface area contributed by atoms with Gasteiger partial charge in [-0.15, -0.1) is 0 Å². The third-order valence-corrected chi connectivity index (χ3v) is 2.69. The lowest BCUT2D eigenvalue weighted by atomic mass is 10.3. The third kappa shape index (κ3) is 2.15. The predicted octanol–water partition coefficient (Wildman–Crippen LogP) is 3.36. The van der Waals surface area contributed by atoms with Crippen molar-refractivity contribution in [2.75, 3.05) is 0 Å². The molecule has 0 unspecified atom stereocenters. The minimum Gasteiger partial charge on any atom is -0.326 e. The summed E-state index contributed by atoms with van der Waals surface area (Å²) in [5, 5.41) is 0. The van der Waals surface area contributed by atoms with Gasteiger partial charge in [-0.05, 0) is 24.9 Å². The van der Waals surface area contributed by atoms with Gasteiger partial charge in [-0.25, -0.2) is 4.98 Å². The molecule has 3 nitrogen and oxygen atoms in total. The van der Waals surface area contributed by atoms with E-state index in [1.54, 1.807) is 6.08 Å². The molecule has 1 aromatic heterocycles. The van der Waals surface area contributed by atoms with E-state index in [0.29, 0.717) is 0 Å². The lowest BCUT2D eigenvalue weighted by Crippen LogP contribution is -1.95. The Balaban J connectivity index is 2.55. The van der Waals surface area contributed by atoms with Gasteiger partial charge in [0.05, 0.1) is 11.0 Å². The van der Waals surface area contributed by atoms with Crippen molar-refractivity contribution < 1.29 is 0 Å². The number of aryl methyl sites for hydroxylation is 1. The largest absolute Gasteiger partial charge is 0.326 e. The number of fused-ring (bicyclic) bond motifs is 1. The smallest absolute Gasteiger partial charge is 0.159 e. The fourth-order valence-corrected chi connectivity index (χ4v) is 1.80. The first-order valence-electron chi connectivity index (χ1n) is 5.66. The molecule has 0 bridgehead atoms. The molecule has 1 aromatic carbocycles. The van der Waals surface area contributed by atoms with Gasteiger partial charge >= 0.3 is 0 Å². The van der Waals surface area contributed by atoms with Crippen LogP contribution in [0.4, 0.5) is 0 Å². The Kier molecular flexibility index (Phi) is 3.53. The Morgan fingerprint density at radius 3 is 2.78 bits per heavy atom. The molecule has 0 aliphatic heterocycles. The summed E-state index contributed by atoms with van der Waals surface area (Å²) >= 11 is 0. The zero-order chi connectivity index (χ0) is 13.0. The molecule has 2 aromatic rings. The third-order valence-electron chi connectivity index (χ3n) is 2.69. The molecule has 0 saturated heterocycles. The van der Waals surface area contributed by atoms with Crippen LogP contribution in [0.5, 0.6) is 0 Å². The average Bonchev–Trinajstić information content (AvgIpc) is 2.73. The number of aromatic nitrogens is 2. The fraction of sp³-hybridized carbons (Fsp3) is 0.0667. The van der Waals surface area contributed by atoms with Crippen molar-refractivity contribution in [3.8, 4) is 0 Å². The van der Waals surface area contributed by atoms with Gasteiger partial charge in [0.15, 0.2) is 5.82 Å². The number of hydrogen-bond donors (Lipinski definition) is 0. The monoisotopic (exact) mass is 237 g/mol. The van der Waals surface area contributed by atoms with Crippen LogP contribution in [0.15, 0.2) is 60.1 Å². The Morgan fingerprint density at radius 1 is 1.33 bits per heavy atom. The molecule has 0 aliphatic rings. The summed E-state index contributed by atoms with van der Waals surface area (Å²) in [6.07, 6.45) is 7.30. The topological polar surface area (TPSA) is 30.2 Å². The summed E-state index contributed by atoms with van der Waals surface area (Å²) in [4.78, 5) is 8.59. The molecule has 0 radical (unpaired) electrons. The zero-order valence-electron chi connectivity index (χ0n) is 10.4. The summed E-state index contributed by atoms with van der Waals surface area (Å²) in [7, 11) is 1.97. The van der Waals surface area contributed by atoms with Gasteiger partial charge in [-0.1, -0.05) is 36.9 Å². The van der Waals surface area contributed by atoms with Crippen molar-refractivity contribution in [3.63, 3.8) is 0 Å². The van der Waals surface area contributed by atoms with Crippen LogP contribution in [0, 0.1) is 0 Å². The van der Waals surface area contributed by atoms with Gasteiger partial charge in [0.25, 0.3) is 0 Å². The summed E-state index contributed by atoms with van der Waals surface area (Å²) in [6, 6.07) is 7.99. The molecule has 0 spiro atoms. The highest BCUT2D eigenvalue weighted by molar-refractivity contribution is 5.80. The Labute approximate surface area is 106 Å². The van der Waals surface area contributed by atoms with Crippen molar-refractivity contribution in [3.05, 3.63) is 61.0 Å². The lowest BCUT2D eigenvalue weighted by Gasteiger charge is -2.01. The van der Waals surface area contributed by atoms with Crippen LogP contribution in [0.25, 0.3) is 16.7 Å². The van der Waals surface area contributed by atoms with Gasteiger partial charge in [0, 0.05) is 7.05 Å². The number of benzene rings is 1. The van der Waals surface area contributed by atoms with Crippen LogP contribution >= 0.6 is 0 Å². The number of imidazole rings is 1. The summed E-state index contributed by atoms with van der Waals surface area (Å²) in [5.41, 5.74) is 2.78. The summed E-state index contributed by atoms with van der Waals surface area (Å²) in [5.74, 6) is 0.805. The van der Waals surface area contributed by atoms with Crippen LogP contribution in [-0.4, -0.2) is 16.3 Å². The maximum atomic E-state index is 4.56. The highest BCUT2D eigenvalue weighted by Gasteiger charge is 2.09. The predicted molar refractivity (Wildman–Crippen MR) is 77.6 cm³/mol. The van der Waals surface area contributed by atoms with Gasteiger partial charge in [-0.3, -0.25) is 4.99 Å². The first-order chi connectivity index (χ1) is 8.77. The quantitative estimate of drug-likeness (QED) is 0.592. The minimum absolute atomic E-state index is 0.742. The number of allylic oxidation sites excluding steroid dienone is 4. The highest BCUT2D eigenvalue weighted by Crippen LogP contribution is 2.20. The molecule has 0 fully saturated rings. The van der Waals surface area contributed by atoms with E-state index in [1.165, 1.54) is 0 Å². The molecular formula is C15H15N3. The van der Waals surface area contributed by atoms with E-state index in [9.17, 15) is 0 Å². The fourth-order valence-electron chi connectivity index (χ4n) is 1.80. The van der Waals surface area contributed by atoms with E-state index < -0.39 is 0 Å². The average molecular weight is 237 g/mol. The van der Waals surface area contributed by atoms with E-state index in [2.05, 4.69) is 23.3 Å². The molecule has 90 valence electrons. The van der Waals surface area contributed by atoms with Gasteiger partial charge in [0.2, 0.25) is 0 Å². The van der Waals surface area contributed by atoms with Crippen molar-refractivity contribution in [1.29, 1.82) is 0 Å². The van der Waals surface area contributed by atoms with Crippen molar-refractivity contribution >= 4 is 23.4 Å². The van der Waals surface area contributed by atoms with Crippen LogP contribution < -0.4 is 0 Å². The second-order valence-corrected chi connectivity index (χ2v) is 3.81. The van der Waals surface area contributed by atoms with Gasteiger partial charge in [-0.2, -0.15) is 0 Å². The summed E-state index contributed by atoms with van der Waals surface area (Å²) < 4.78 is 2.01. The number of hydrogen-bond acceptors (Lipinski definition) is 2. The Bertz CT molecular complexity index is 645. The first kappa shape index (κ1) is 12.0. The van der Waals surface area contributed by atoms with Gasteiger partial charge in [0.1, 0.15) is 5.70 Å². The number of aliphatic imine (C=N–C) groups is 1. The molecule has 0 atom stereocenters. The zero-order valence-corrected chi connectivity index (χ0v) is 10.4. The number of rotatable bonds is 4. The van der Waals surface area contributed by atoms with Crippen LogP contribution in [0.2, 0.25) is 0 Å². The lowest BCUT2D eigenvalue weighted by molar-refractivity contribution is 0.918. The van der Waals surface area contributed by atoms with E-state index in [1.807, 2.05) is 54.1 Å². The molecule has 3 heteroatoms. The second-order valence-electron chi connectivity index (χ2n) is 3.81. The second kappa shape index (κ2) is 5.27. The maximum absolute atomic E-state index is 4.56. The van der Waals surface area contributed by atoms with E-state index >= 15 is 0 Å². The first-order valence-corrected chi connectivity index (χ1v) is 5.66. The minimum atomic E-state index is 0.742. The Morgan fingerprint density at radius 2 is 2.11 bits per heavy atom. The van der Waals surface area contributed by atoms with Crippen LogP contribution in [0.1, 0.15) is 5.82 Å². The molecule has 0 N–H and O–H groups in total. The molecular weight excluding hydrogens is 222 g/mol. The van der Waals surface area contributed by atoms with E-state index in [4.69, 9.17) is 0 Å².